The van der Waals surface area contributed by atoms with Crippen molar-refractivity contribution in [1.29, 1.82) is 0 Å². The maximum atomic E-state index is 13.3. The van der Waals surface area contributed by atoms with E-state index in [0.717, 1.165) is 53.3 Å². The molecule has 1 heterocycles. The third-order valence-electron chi connectivity index (χ3n) is 7.48. The summed E-state index contributed by atoms with van der Waals surface area (Å²) in [4.78, 5) is 13.3. The smallest absolute Gasteiger partial charge is 0.223 e. The van der Waals surface area contributed by atoms with Gasteiger partial charge in [-0.05, 0) is 85.5 Å². The Labute approximate surface area is 210 Å². The van der Waals surface area contributed by atoms with E-state index in [-0.39, 0.29) is 23.6 Å². The van der Waals surface area contributed by atoms with E-state index in [0.29, 0.717) is 30.3 Å². The maximum Gasteiger partial charge on any atom is 0.223 e. The van der Waals surface area contributed by atoms with Crippen molar-refractivity contribution in [2.75, 3.05) is 12.3 Å². The van der Waals surface area contributed by atoms with E-state index in [2.05, 4.69) is 27.6 Å². The third-order valence-corrected chi connectivity index (χ3v) is 7.48. The first kappa shape index (κ1) is 23.9. The van der Waals surface area contributed by atoms with Crippen LogP contribution < -0.4 is 16.8 Å². The zero-order chi connectivity index (χ0) is 25.1. The molecule has 4 aromatic rings. The second-order valence-electron chi connectivity index (χ2n) is 9.85. The number of carbonyl (C=O) groups is 1. The predicted octanol–water partition coefficient (Wildman–Crippen LogP) is 4.68. The van der Waals surface area contributed by atoms with Crippen LogP contribution in [0.4, 0.5) is 5.82 Å². The van der Waals surface area contributed by atoms with Crippen molar-refractivity contribution in [2.24, 2.45) is 17.6 Å². The summed E-state index contributed by atoms with van der Waals surface area (Å²) in [5.74, 6) is 1.25. The average molecular weight is 484 g/mol. The highest BCUT2D eigenvalue weighted by Gasteiger charge is 2.28. The first-order valence-electron chi connectivity index (χ1n) is 12.6. The SMILES string of the molecule is NCC1CCC(C(=O)NC(Cc2ccccc2)c2ccc(O)c(-c3ccc4c(N)n[nH]c4c3)c2)CC1. The van der Waals surface area contributed by atoms with Crippen LogP contribution in [0.1, 0.15) is 42.9 Å². The van der Waals surface area contributed by atoms with Gasteiger partial charge in [0, 0.05) is 16.9 Å². The highest BCUT2D eigenvalue weighted by molar-refractivity contribution is 5.92. The van der Waals surface area contributed by atoms with Gasteiger partial charge in [-0.1, -0.05) is 42.5 Å². The fourth-order valence-electron chi connectivity index (χ4n) is 5.26. The minimum absolute atomic E-state index is 0.0101. The van der Waals surface area contributed by atoms with Crippen LogP contribution >= 0.6 is 0 Å². The zero-order valence-electron chi connectivity index (χ0n) is 20.3. The molecule has 0 bridgehead atoms. The Hall–Kier alpha value is -3.84. The van der Waals surface area contributed by atoms with Crippen LogP contribution in [-0.4, -0.2) is 27.8 Å². The molecule has 1 atom stereocenters. The number of hydrogen-bond donors (Lipinski definition) is 5. The topological polar surface area (TPSA) is 130 Å². The number of amides is 1. The van der Waals surface area contributed by atoms with Crippen LogP contribution in [0.5, 0.6) is 5.75 Å². The van der Waals surface area contributed by atoms with Crippen LogP contribution in [-0.2, 0) is 11.2 Å². The maximum absolute atomic E-state index is 13.3. The highest BCUT2D eigenvalue weighted by Crippen LogP contribution is 2.35. The standard InChI is InChI=1S/C29H33N5O2/c30-17-19-6-8-20(9-7-19)29(36)32-25(14-18-4-2-1-3-5-18)22-11-13-27(35)24(15-22)21-10-12-23-26(16-21)33-34-28(23)31/h1-5,10-13,15-16,19-20,25,35H,6-9,14,17,30H2,(H,32,36)(H3,31,33,34). The van der Waals surface area contributed by atoms with Gasteiger partial charge in [-0.3, -0.25) is 9.89 Å². The number of nitrogens with zero attached hydrogens (tertiary/aromatic N) is 1. The molecule has 1 saturated carbocycles. The number of carbonyl (C=O) groups excluding carboxylic acids is 1. The number of fused-ring (bicyclic) bond motifs is 1. The monoisotopic (exact) mass is 483 g/mol. The number of aromatic hydroxyl groups is 1. The fourth-order valence-corrected chi connectivity index (χ4v) is 5.26. The third kappa shape index (κ3) is 5.06. The van der Waals surface area contributed by atoms with Gasteiger partial charge in [0.1, 0.15) is 5.75 Å². The molecule has 1 aromatic heterocycles. The average Bonchev–Trinajstić information content (AvgIpc) is 3.29. The normalized spacial score (nSPS) is 18.7. The summed E-state index contributed by atoms with van der Waals surface area (Å²) in [7, 11) is 0. The van der Waals surface area contributed by atoms with Gasteiger partial charge in [0.05, 0.1) is 11.6 Å². The number of hydrogen-bond acceptors (Lipinski definition) is 5. The molecule has 0 spiro atoms. The first-order valence-corrected chi connectivity index (χ1v) is 12.6. The van der Waals surface area contributed by atoms with Crippen molar-refractivity contribution in [3.63, 3.8) is 0 Å². The summed E-state index contributed by atoms with van der Waals surface area (Å²) < 4.78 is 0. The summed E-state index contributed by atoms with van der Waals surface area (Å²) in [6.45, 7) is 0.693. The van der Waals surface area contributed by atoms with Gasteiger partial charge in [-0.2, -0.15) is 5.10 Å². The zero-order valence-corrected chi connectivity index (χ0v) is 20.3. The lowest BCUT2D eigenvalue weighted by molar-refractivity contribution is -0.127. The van der Waals surface area contributed by atoms with Gasteiger partial charge in [-0.15, -0.1) is 0 Å². The number of phenols is 1. The second-order valence-corrected chi connectivity index (χ2v) is 9.85. The van der Waals surface area contributed by atoms with Crippen molar-refractivity contribution < 1.29 is 9.90 Å². The minimum atomic E-state index is -0.224. The number of rotatable bonds is 7. The number of nitrogens with one attached hydrogen (secondary N) is 2. The molecule has 36 heavy (non-hydrogen) atoms. The van der Waals surface area contributed by atoms with Gasteiger partial charge < -0.3 is 21.9 Å². The molecule has 1 fully saturated rings. The summed E-state index contributed by atoms with van der Waals surface area (Å²) in [6, 6.07) is 21.2. The van der Waals surface area contributed by atoms with E-state index in [1.807, 2.05) is 48.5 Å². The number of aromatic amines is 1. The number of H-pyrrole nitrogens is 1. The molecular formula is C29H33N5O2. The number of phenolic OH excluding ortho intramolecular Hbond substituents is 1. The van der Waals surface area contributed by atoms with E-state index in [9.17, 15) is 9.90 Å². The van der Waals surface area contributed by atoms with E-state index >= 15 is 0 Å². The van der Waals surface area contributed by atoms with Crippen LogP contribution in [0.3, 0.4) is 0 Å². The van der Waals surface area contributed by atoms with E-state index in [4.69, 9.17) is 11.5 Å². The molecule has 0 aliphatic heterocycles. The lowest BCUT2D eigenvalue weighted by Crippen LogP contribution is -2.37. The van der Waals surface area contributed by atoms with Gasteiger partial charge in [0.25, 0.3) is 0 Å². The molecule has 3 aromatic carbocycles. The molecular weight excluding hydrogens is 450 g/mol. The molecule has 1 unspecified atom stereocenters. The summed E-state index contributed by atoms with van der Waals surface area (Å²) in [5, 5.41) is 21.9. The first-order chi connectivity index (χ1) is 17.5. The summed E-state index contributed by atoms with van der Waals surface area (Å²) in [5.41, 5.74) is 16.2. The molecule has 1 aliphatic carbocycles. The molecule has 1 amide bonds. The van der Waals surface area contributed by atoms with Crippen molar-refractivity contribution in [3.05, 3.63) is 77.9 Å². The fraction of sp³-hybridized carbons (Fsp3) is 0.310. The highest BCUT2D eigenvalue weighted by atomic mass is 16.3. The number of nitrogen functional groups attached to an aromatic ring is 1. The van der Waals surface area contributed by atoms with Gasteiger partial charge in [0.2, 0.25) is 5.91 Å². The van der Waals surface area contributed by atoms with Crippen molar-refractivity contribution in [1.82, 2.24) is 15.5 Å². The lowest BCUT2D eigenvalue weighted by atomic mass is 9.81. The Kier molecular flexibility index (Phi) is 6.91. The quantitative estimate of drug-likeness (QED) is 0.260. The Morgan fingerprint density at radius 3 is 2.58 bits per heavy atom. The Morgan fingerprint density at radius 2 is 1.83 bits per heavy atom. The summed E-state index contributed by atoms with van der Waals surface area (Å²) >= 11 is 0. The number of aromatic nitrogens is 2. The van der Waals surface area contributed by atoms with Crippen LogP contribution in [0.2, 0.25) is 0 Å². The lowest BCUT2D eigenvalue weighted by Gasteiger charge is -2.29. The van der Waals surface area contributed by atoms with Gasteiger partial charge in [-0.25, -0.2) is 0 Å². The largest absolute Gasteiger partial charge is 0.507 e. The van der Waals surface area contributed by atoms with E-state index in [1.54, 1.807) is 6.07 Å². The van der Waals surface area contributed by atoms with Crippen LogP contribution in [0, 0.1) is 11.8 Å². The molecule has 0 saturated heterocycles. The van der Waals surface area contributed by atoms with Crippen molar-refractivity contribution in [3.8, 4) is 16.9 Å². The van der Waals surface area contributed by atoms with E-state index < -0.39 is 0 Å². The van der Waals surface area contributed by atoms with Crippen molar-refractivity contribution in [2.45, 2.75) is 38.1 Å². The molecule has 7 nitrogen and oxygen atoms in total. The predicted molar refractivity (Wildman–Crippen MR) is 143 cm³/mol. The minimum Gasteiger partial charge on any atom is -0.507 e. The Balaban J connectivity index is 1.44. The van der Waals surface area contributed by atoms with Crippen molar-refractivity contribution >= 4 is 22.6 Å². The van der Waals surface area contributed by atoms with E-state index in [1.165, 1.54) is 0 Å². The second kappa shape index (κ2) is 10.4. The molecule has 186 valence electrons. The molecule has 7 heteroatoms. The molecule has 1 aliphatic rings. The Bertz CT molecular complexity index is 1340. The summed E-state index contributed by atoms with van der Waals surface area (Å²) in [6.07, 6.45) is 4.41. The number of nitrogens with two attached hydrogens (primary N) is 2. The van der Waals surface area contributed by atoms with Gasteiger partial charge in [0.15, 0.2) is 5.82 Å². The number of benzene rings is 3. The van der Waals surface area contributed by atoms with Crippen LogP contribution in [0.25, 0.3) is 22.0 Å². The molecule has 0 radical (unpaired) electrons. The molecule has 5 rings (SSSR count). The Morgan fingerprint density at radius 1 is 1.06 bits per heavy atom. The number of anilines is 1. The molecule has 7 N–H and O–H groups in total. The van der Waals surface area contributed by atoms with Gasteiger partial charge >= 0.3 is 0 Å². The van der Waals surface area contributed by atoms with Crippen LogP contribution in [0.15, 0.2) is 66.7 Å².